The van der Waals surface area contributed by atoms with E-state index >= 15 is 0 Å². The van der Waals surface area contributed by atoms with Crippen molar-refractivity contribution in [2.45, 2.75) is 26.3 Å². The van der Waals surface area contributed by atoms with Gasteiger partial charge >= 0.3 is 0 Å². The summed E-state index contributed by atoms with van der Waals surface area (Å²) in [4.78, 5) is 4.17. The zero-order valence-electron chi connectivity index (χ0n) is 10.5. The normalized spacial score (nSPS) is 11.1. The van der Waals surface area contributed by atoms with Crippen molar-refractivity contribution in [1.82, 2.24) is 20.1 Å². The van der Waals surface area contributed by atoms with Crippen LogP contribution >= 0.6 is 0 Å². The minimum absolute atomic E-state index is 0.445. The van der Waals surface area contributed by atoms with Gasteiger partial charge in [0.2, 0.25) is 0 Å². The van der Waals surface area contributed by atoms with Gasteiger partial charge in [0.15, 0.2) is 0 Å². The molecule has 0 fully saturated rings. The lowest BCUT2D eigenvalue weighted by Gasteiger charge is -2.08. The van der Waals surface area contributed by atoms with E-state index in [1.807, 2.05) is 36.4 Å². The molecule has 17 heavy (non-hydrogen) atoms. The molecule has 2 aromatic rings. The maximum Gasteiger partial charge on any atom is 0.0873 e. The molecule has 0 saturated carbocycles. The molecule has 4 nitrogen and oxygen atoms in total. The number of rotatable bonds is 4. The molecule has 4 heteroatoms. The molecule has 0 aliphatic heterocycles. The van der Waals surface area contributed by atoms with Gasteiger partial charge in [-0.1, -0.05) is 13.8 Å². The fourth-order valence-electron chi connectivity index (χ4n) is 1.74. The van der Waals surface area contributed by atoms with Gasteiger partial charge < -0.3 is 5.32 Å². The molecule has 90 valence electrons. The summed E-state index contributed by atoms with van der Waals surface area (Å²) in [6.45, 7) is 5.10. The van der Waals surface area contributed by atoms with Crippen LogP contribution in [0, 0.1) is 0 Å². The first-order chi connectivity index (χ1) is 8.22. The highest BCUT2D eigenvalue weighted by atomic mass is 15.3. The van der Waals surface area contributed by atoms with Gasteiger partial charge in [0, 0.05) is 18.9 Å². The van der Waals surface area contributed by atoms with Crippen LogP contribution in [-0.4, -0.2) is 21.8 Å². The Labute approximate surface area is 102 Å². The number of hydrogen-bond acceptors (Lipinski definition) is 3. The molecule has 0 aliphatic rings. The molecule has 0 aliphatic carbocycles. The van der Waals surface area contributed by atoms with Crippen molar-refractivity contribution >= 4 is 0 Å². The van der Waals surface area contributed by atoms with Gasteiger partial charge in [-0.15, -0.1) is 0 Å². The molecule has 2 heterocycles. The van der Waals surface area contributed by atoms with E-state index in [1.54, 1.807) is 0 Å². The fraction of sp³-hybridized carbons (Fsp3) is 0.385. The zero-order valence-corrected chi connectivity index (χ0v) is 10.5. The Hall–Kier alpha value is -1.68. The smallest absolute Gasteiger partial charge is 0.0873 e. The molecule has 0 aromatic carbocycles. The monoisotopic (exact) mass is 230 g/mol. The van der Waals surface area contributed by atoms with E-state index in [9.17, 15) is 0 Å². The molecule has 0 amide bonds. The number of nitrogens with one attached hydrogen (secondary N) is 1. The summed E-state index contributed by atoms with van der Waals surface area (Å²) in [6, 6.07) is 4.07. The van der Waals surface area contributed by atoms with Crippen molar-refractivity contribution in [2.75, 3.05) is 7.05 Å². The van der Waals surface area contributed by atoms with Gasteiger partial charge in [0.1, 0.15) is 0 Å². The third-order valence-electron chi connectivity index (χ3n) is 2.70. The topological polar surface area (TPSA) is 42.7 Å². The van der Waals surface area contributed by atoms with E-state index in [-0.39, 0.29) is 0 Å². The van der Waals surface area contributed by atoms with Gasteiger partial charge in [0.05, 0.1) is 17.6 Å². The van der Waals surface area contributed by atoms with Gasteiger partial charge in [0.25, 0.3) is 0 Å². The molecule has 2 rings (SSSR count). The third-order valence-corrected chi connectivity index (χ3v) is 2.70. The summed E-state index contributed by atoms with van der Waals surface area (Å²) in [5.41, 5.74) is 3.33. The van der Waals surface area contributed by atoms with Crippen molar-refractivity contribution in [3.05, 3.63) is 42.0 Å². The van der Waals surface area contributed by atoms with Gasteiger partial charge in [-0.05, 0) is 30.7 Å². The fourth-order valence-corrected chi connectivity index (χ4v) is 1.74. The highest BCUT2D eigenvalue weighted by Gasteiger charge is 2.08. The quantitative estimate of drug-likeness (QED) is 0.874. The molecule has 0 bridgehead atoms. The van der Waals surface area contributed by atoms with E-state index in [1.165, 1.54) is 5.56 Å². The Kier molecular flexibility index (Phi) is 3.54. The van der Waals surface area contributed by atoms with Crippen LogP contribution in [0.15, 0.2) is 30.7 Å². The Morgan fingerprint density at radius 2 is 2.18 bits per heavy atom. The van der Waals surface area contributed by atoms with Gasteiger partial charge in [-0.3, -0.25) is 4.98 Å². The SMILES string of the molecule is CNCc1ccncc1-n1ccc(C(C)C)n1. The highest BCUT2D eigenvalue weighted by molar-refractivity contribution is 5.37. The van der Waals surface area contributed by atoms with Gasteiger partial charge in [-0.2, -0.15) is 5.10 Å². The van der Waals surface area contributed by atoms with Crippen molar-refractivity contribution in [2.24, 2.45) is 0 Å². The van der Waals surface area contributed by atoms with Crippen LogP contribution in [0.25, 0.3) is 5.69 Å². The Morgan fingerprint density at radius 1 is 1.35 bits per heavy atom. The molecule has 0 saturated heterocycles. The van der Waals surface area contributed by atoms with Crippen LogP contribution in [0.2, 0.25) is 0 Å². The molecular formula is C13H18N4. The minimum atomic E-state index is 0.445. The van der Waals surface area contributed by atoms with Crippen LogP contribution < -0.4 is 5.32 Å². The standard InChI is InChI=1S/C13H18N4/c1-10(2)12-5-7-17(16-12)13-9-15-6-4-11(13)8-14-3/h4-7,9-10,14H,8H2,1-3H3. The number of hydrogen-bond donors (Lipinski definition) is 1. The summed E-state index contributed by atoms with van der Waals surface area (Å²) >= 11 is 0. The summed E-state index contributed by atoms with van der Waals surface area (Å²) in [7, 11) is 1.94. The van der Waals surface area contributed by atoms with E-state index in [0.717, 1.165) is 17.9 Å². The Balaban J connectivity index is 2.38. The maximum absolute atomic E-state index is 4.57. The van der Waals surface area contributed by atoms with Crippen LogP contribution in [0.3, 0.4) is 0 Å². The molecule has 1 N–H and O–H groups in total. The van der Waals surface area contributed by atoms with Crippen molar-refractivity contribution in [3.63, 3.8) is 0 Å². The lowest BCUT2D eigenvalue weighted by molar-refractivity contribution is 0.748. The lowest BCUT2D eigenvalue weighted by atomic mass is 10.1. The number of nitrogens with zero attached hydrogens (tertiary/aromatic N) is 3. The summed E-state index contributed by atoms with van der Waals surface area (Å²) < 4.78 is 1.90. The predicted molar refractivity (Wildman–Crippen MR) is 68.2 cm³/mol. The zero-order chi connectivity index (χ0) is 12.3. The first kappa shape index (κ1) is 11.8. The van der Waals surface area contributed by atoms with E-state index in [0.29, 0.717) is 5.92 Å². The largest absolute Gasteiger partial charge is 0.316 e. The molecule has 0 unspecified atom stereocenters. The van der Waals surface area contributed by atoms with E-state index in [4.69, 9.17) is 0 Å². The van der Waals surface area contributed by atoms with Crippen LogP contribution in [0.4, 0.5) is 0 Å². The molecular weight excluding hydrogens is 212 g/mol. The van der Waals surface area contributed by atoms with Crippen molar-refractivity contribution in [1.29, 1.82) is 0 Å². The first-order valence-corrected chi connectivity index (χ1v) is 5.85. The minimum Gasteiger partial charge on any atom is -0.316 e. The Bertz CT molecular complexity index is 488. The predicted octanol–water partition coefficient (Wildman–Crippen LogP) is 2.11. The Morgan fingerprint density at radius 3 is 2.82 bits per heavy atom. The lowest BCUT2D eigenvalue weighted by Crippen LogP contribution is -2.10. The molecule has 2 aromatic heterocycles. The van der Waals surface area contributed by atoms with E-state index < -0.39 is 0 Å². The second-order valence-corrected chi connectivity index (χ2v) is 4.37. The van der Waals surface area contributed by atoms with Crippen LogP contribution in [0.1, 0.15) is 31.0 Å². The summed E-state index contributed by atoms with van der Waals surface area (Å²) in [5, 5.41) is 7.73. The average molecular weight is 230 g/mol. The highest BCUT2D eigenvalue weighted by Crippen LogP contribution is 2.16. The second-order valence-electron chi connectivity index (χ2n) is 4.37. The average Bonchev–Trinajstić information content (AvgIpc) is 2.79. The third kappa shape index (κ3) is 2.53. The van der Waals surface area contributed by atoms with E-state index in [2.05, 4.69) is 35.3 Å². The van der Waals surface area contributed by atoms with Crippen LogP contribution in [-0.2, 0) is 6.54 Å². The first-order valence-electron chi connectivity index (χ1n) is 5.85. The maximum atomic E-state index is 4.57. The van der Waals surface area contributed by atoms with Crippen LogP contribution in [0.5, 0.6) is 0 Å². The second kappa shape index (κ2) is 5.10. The number of pyridine rings is 1. The molecule has 0 radical (unpaired) electrons. The van der Waals surface area contributed by atoms with Crippen molar-refractivity contribution < 1.29 is 0 Å². The molecule has 0 atom stereocenters. The number of aromatic nitrogens is 3. The summed E-state index contributed by atoms with van der Waals surface area (Å²) in [5.74, 6) is 0.445. The molecule has 0 spiro atoms. The summed E-state index contributed by atoms with van der Waals surface area (Å²) in [6.07, 6.45) is 5.65. The van der Waals surface area contributed by atoms with Gasteiger partial charge in [-0.25, -0.2) is 4.68 Å². The van der Waals surface area contributed by atoms with Crippen molar-refractivity contribution in [3.8, 4) is 5.69 Å².